The SMILES string of the molecule is COc1cc(/C=C\C(N)=O)cc(OC)c1OC. The molecular weight excluding hydrogens is 222 g/mol. The summed E-state index contributed by atoms with van der Waals surface area (Å²) in [4.78, 5) is 10.7. The van der Waals surface area contributed by atoms with E-state index in [1.54, 1.807) is 18.2 Å². The Hall–Kier alpha value is -2.17. The summed E-state index contributed by atoms with van der Waals surface area (Å²) in [5, 5.41) is 0. The molecule has 0 saturated heterocycles. The number of nitrogens with two attached hydrogens (primary N) is 1. The van der Waals surface area contributed by atoms with Gasteiger partial charge in [0.25, 0.3) is 0 Å². The van der Waals surface area contributed by atoms with Gasteiger partial charge in [-0.15, -0.1) is 0 Å². The van der Waals surface area contributed by atoms with Crippen molar-refractivity contribution in [2.24, 2.45) is 5.73 Å². The highest BCUT2D eigenvalue weighted by molar-refractivity contribution is 5.90. The Bertz CT molecular complexity index is 415. The molecule has 0 aromatic heterocycles. The molecule has 0 heterocycles. The van der Waals surface area contributed by atoms with Gasteiger partial charge in [-0.2, -0.15) is 0 Å². The van der Waals surface area contributed by atoms with Gasteiger partial charge in [-0.05, 0) is 23.8 Å². The summed E-state index contributed by atoms with van der Waals surface area (Å²) in [6.45, 7) is 0. The van der Waals surface area contributed by atoms with Crippen molar-refractivity contribution in [2.45, 2.75) is 0 Å². The summed E-state index contributed by atoms with van der Waals surface area (Å²) in [6.07, 6.45) is 2.84. The van der Waals surface area contributed by atoms with Crippen molar-refractivity contribution >= 4 is 12.0 Å². The summed E-state index contributed by atoms with van der Waals surface area (Å²) >= 11 is 0. The molecule has 2 N–H and O–H groups in total. The van der Waals surface area contributed by atoms with Gasteiger partial charge in [0.05, 0.1) is 21.3 Å². The van der Waals surface area contributed by atoms with Gasteiger partial charge in [0, 0.05) is 6.08 Å². The molecule has 0 atom stereocenters. The highest BCUT2D eigenvalue weighted by atomic mass is 16.5. The third-order valence-electron chi connectivity index (χ3n) is 2.13. The first-order valence-electron chi connectivity index (χ1n) is 4.90. The molecule has 5 heteroatoms. The standard InChI is InChI=1S/C12H15NO4/c1-15-9-6-8(4-5-11(13)14)7-10(16-2)12(9)17-3/h4-7H,1-3H3,(H2,13,14)/b5-4-. The van der Waals surface area contributed by atoms with E-state index in [4.69, 9.17) is 19.9 Å². The minimum atomic E-state index is -0.515. The second-order valence-electron chi connectivity index (χ2n) is 3.19. The molecule has 1 amide bonds. The molecule has 0 bridgehead atoms. The maximum atomic E-state index is 10.7. The van der Waals surface area contributed by atoms with Crippen molar-refractivity contribution in [3.05, 3.63) is 23.8 Å². The second-order valence-corrected chi connectivity index (χ2v) is 3.19. The number of hydrogen-bond acceptors (Lipinski definition) is 4. The van der Waals surface area contributed by atoms with Gasteiger partial charge in [-0.25, -0.2) is 0 Å². The average molecular weight is 237 g/mol. The van der Waals surface area contributed by atoms with Gasteiger partial charge in [0.1, 0.15) is 0 Å². The molecule has 0 spiro atoms. The number of rotatable bonds is 5. The van der Waals surface area contributed by atoms with Crippen LogP contribution < -0.4 is 19.9 Å². The van der Waals surface area contributed by atoms with Crippen LogP contribution in [0.3, 0.4) is 0 Å². The zero-order chi connectivity index (χ0) is 12.8. The van der Waals surface area contributed by atoms with Gasteiger partial charge >= 0.3 is 0 Å². The normalized spacial score (nSPS) is 10.3. The van der Waals surface area contributed by atoms with Crippen molar-refractivity contribution in [1.29, 1.82) is 0 Å². The maximum absolute atomic E-state index is 10.7. The predicted octanol–water partition coefficient (Wildman–Crippen LogP) is 1.21. The number of carbonyl (C=O) groups is 1. The number of methoxy groups -OCH3 is 3. The van der Waals surface area contributed by atoms with E-state index in [2.05, 4.69) is 0 Å². The van der Waals surface area contributed by atoms with E-state index in [9.17, 15) is 4.79 Å². The first kappa shape index (κ1) is 12.9. The highest BCUT2D eigenvalue weighted by Gasteiger charge is 2.11. The number of amides is 1. The third kappa shape index (κ3) is 3.14. The van der Waals surface area contributed by atoms with E-state index in [-0.39, 0.29) is 0 Å². The van der Waals surface area contributed by atoms with Crippen LogP contribution in [0.25, 0.3) is 6.08 Å². The topological polar surface area (TPSA) is 70.8 Å². The zero-order valence-electron chi connectivity index (χ0n) is 10.0. The lowest BCUT2D eigenvalue weighted by atomic mass is 10.1. The Kier molecular flexibility index (Phi) is 4.39. The fourth-order valence-corrected chi connectivity index (χ4v) is 1.38. The fraction of sp³-hybridized carbons (Fsp3) is 0.250. The van der Waals surface area contributed by atoms with Crippen molar-refractivity contribution in [2.75, 3.05) is 21.3 Å². The van der Waals surface area contributed by atoms with Crippen LogP contribution in [0, 0.1) is 0 Å². The lowest BCUT2D eigenvalue weighted by Crippen LogP contribution is -2.05. The fourth-order valence-electron chi connectivity index (χ4n) is 1.38. The number of hydrogen-bond donors (Lipinski definition) is 1. The molecule has 5 nitrogen and oxygen atoms in total. The number of ether oxygens (including phenoxy) is 3. The molecule has 92 valence electrons. The average Bonchev–Trinajstić information content (AvgIpc) is 2.34. The highest BCUT2D eigenvalue weighted by Crippen LogP contribution is 2.38. The minimum Gasteiger partial charge on any atom is -0.493 e. The summed E-state index contributed by atoms with van der Waals surface area (Å²) in [7, 11) is 4.58. The first-order valence-corrected chi connectivity index (χ1v) is 4.90. The van der Waals surface area contributed by atoms with Crippen LogP contribution in [0.1, 0.15) is 5.56 Å². The van der Waals surface area contributed by atoms with E-state index in [1.807, 2.05) is 0 Å². The van der Waals surface area contributed by atoms with Crippen LogP contribution in [0.15, 0.2) is 18.2 Å². The Labute approximate surface area is 99.8 Å². The lowest BCUT2D eigenvalue weighted by molar-refractivity contribution is -0.113. The van der Waals surface area contributed by atoms with Crippen LogP contribution in [-0.2, 0) is 4.79 Å². The molecule has 0 aliphatic heterocycles. The van der Waals surface area contributed by atoms with E-state index in [0.29, 0.717) is 17.2 Å². The van der Waals surface area contributed by atoms with Crippen LogP contribution >= 0.6 is 0 Å². The van der Waals surface area contributed by atoms with Crippen molar-refractivity contribution < 1.29 is 19.0 Å². The van der Waals surface area contributed by atoms with E-state index >= 15 is 0 Å². The van der Waals surface area contributed by atoms with Gasteiger partial charge in [-0.3, -0.25) is 4.79 Å². The quantitative estimate of drug-likeness (QED) is 0.781. The molecule has 1 aromatic rings. The van der Waals surface area contributed by atoms with Gasteiger partial charge in [0.2, 0.25) is 11.7 Å². The summed E-state index contributed by atoms with van der Waals surface area (Å²) in [5.74, 6) is 1.04. The van der Waals surface area contributed by atoms with E-state index < -0.39 is 5.91 Å². The van der Waals surface area contributed by atoms with E-state index in [1.165, 1.54) is 27.4 Å². The summed E-state index contributed by atoms with van der Waals surface area (Å²) in [5.41, 5.74) is 5.76. The molecule has 0 aliphatic carbocycles. The Balaban J connectivity index is 3.22. The van der Waals surface area contributed by atoms with Crippen LogP contribution in [0.5, 0.6) is 17.2 Å². The first-order chi connectivity index (χ1) is 8.12. The van der Waals surface area contributed by atoms with Crippen LogP contribution in [-0.4, -0.2) is 27.2 Å². The maximum Gasteiger partial charge on any atom is 0.241 e. The molecule has 1 rings (SSSR count). The summed E-state index contributed by atoms with van der Waals surface area (Å²) in [6, 6.07) is 3.45. The largest absolute Gasteiger partial charge is 0.493 e. The molecule has 1 aromatic carbocycles. The van der Waals surface area contributed by atoms with Crippen LogP contribution in [0.2, 0.25) is 0 Å². The predicted molar refractivity (Wildman–Crippen MR) is 64.3 cm³/mol. The molecule has 0 fully saturated rings. The molecule has 0 saturated carbocycles. The number of benzene rings is 1. The lowest BCUT2D eigenvalue weighted by Gasteiger charge is -2.12. The zero-order valence-corrected chi connectivity index (χ0v) is 10.0. The molecule has 17 heavy (non-hydrogen) atoms. The Morgan fingerprint density at radius 3 is 2.00 bits per heavy atom. The van der Waals surface area contributed by atoms with Crippen molar-refractivity contribution in [3.63, 3.8) is 0 Å². The second kappa shape index (κ2) is 5.79. The Morgan fingerprint density at radius 1 is 1.12 bits per heavy atom. The van der Waals surface area contributed by atoms with Gasteiger partial charge < -0.3 is 19.9 Å². The molecular formula is C12H15NO4. The van der Waals surface area contributed by atoms with Crippen LogP contribution in [0.4, 0.5) is 0 Å². The summed E-state index contributed by atoms with van der Waals surface area (Å²) < 4.78 is 15.5. The minimum absolute atomic E-state index is 0.506. The molecule has 0 aliphatic rings. The third-order valence-corrected chi connectivity index (χ3v) is 2.13. The van der Waals surface area contributed by atoms with Crippen molar-refractivity contribution in [1.82, 2.24) is 0 Å². The molecule has 0 unspecified atom stereocenters. The number of carbonyl (C=O) groups excluding carboxylic acids is 1. The smallest absolute Gasteiger partial charge is 0.241 e. The van der Waals surface area contributed by atoms with Crippen molar-refractivity contribution in [3.8, 4) is 17.2 Å². The van der Waals surface area contributed by atoms with E-state index in [0.717, 1.165) is 5.56 Å². The Morgan fingerprint density at radius 2 is 1.65 bits per heavy atom. The number of primary amides is 1. The molecule has 0 radical (unpaired) electrons. The monoisotopic (exact) mass is 237 g/mol. The van der Waals surface area contributed by atoms with Gasteiger partial charge in [-0.1, -0.05) is 0 Å². The van der Waals surface area contributed by atoms with Gasteiger partial charge in [0.15, 0.2) is 11.5 Å².